The molecule has 2 aromatic rings. The lowest BCUT2D eigenvalue weighted by atomic mass is 10.1. The number of aromatic nitrogens is 1. The number of nitrogens with two attached hydrogens (primary N) is 1. The number of hydrogen-bond acceptors (Lipinski definition) is 4. The monoisotopic (exact) mass is 264 g/mol. The van der Waals surface area contributed by atoms with Crippen molar-refractivity contribution in [3.63, 3.8) is 0 Å². The van der Waals surface area contributed by atoms with Gasteiger partial charge in [0.05, 0.1) is 0 Å². The summed E-state index contributed by atoms with van der Waals surface area (Å²) in [7, 11) is 0. The molecule has 102 valence electrons. The molecule has 2 N–H and O–H groups in total. The van der Waals surface area contributed by atoms with Gasteiger partial charge < -0.3 is 15.0 Å². The Morgan fingerprint density at radius 3 is 2.79 bits per heavy atom. The van der Waals surface area contributed by atoms with E-state index in [-0.39, 0.29) is 18.4 Å². The van der Waals surface area contributed by atoms with Gasteiger partial charge in [-0.25, -0.2) is 4.39 Å². The molecule has 0 fully saturated rings. The Hall–Kier alpha value is -1.88. The standard InChI is InChI=1S/C14H17FN2O2/c1-9(16)5-11-3-4-14(13(15)7-11)18-8-12-6-10(2)19-17-12/h3-4,6-7,9H,5,8,16H2,1-2H3. The molecule has 1 aromatic carbocycles. The fraction of sp³-hybridized carbons (Fsp3) is 0.357. The summed E-state index contributed by atoms with van der Waals surface area (Å²) in [6, 6.07) is 6.63. The number of nitrogens with zero attached hydrogens (tertiary/aromatic N) is 1. The summed E-state index contributed by atoms with van der Waals surface area (Å²) < 4.78 is 24.1. The Bertz CT molecular complexity index is 552. The van der Waals surface area contributed by atoms with Crippen LogP contribution in [0.5, 0.6) is 5.75 Å². The molecule has 1 heterocycles. The van der Waals surface area contributed by atoms with E-state index in [4.69, 9.17) is 15.0 Å². The van der Waals surface area contributed by atoms with Crippen LogP contribution in [-0.4, -0.2) is 11.2 Å². The molecule has 0 saturated carbocycles. The fourth-order valence-electron chi connectivity index (χ4n) is 1.80. The number of hydrogen-bond donors (Lipinski definition) is 1. The highest BCUT2D eigenvalue weighted by molar-refractivity contribution is 5.30. The first-order valence-electron chi connectivity index (χ1n) is 6.13. The van der Waals surface area contributed by atoms with Crippen LogP contribution < -0.4 is 10.5 Å². The van der Waals surface area contributed by atoms with Gasteiger partial charge in [-0.15, -0.1) is 0 Å². The summed E-state index contributed by atoms with van der Waals surface area (Å²) in [4.78, 5) is 0. The van der Waals surface area contributed by atoms with Gasteiger partial charge in [-0.2, -0.15) is 0 Å². The summed E-state index contributed by atoms with van der Waals surface area (Å²) in [5, 5.41) is 3.78. The summed E-state index contributed by atoms with van der Waals surface area (Å²) in [6.45, 7) is 3.86. The lowest BCUT2D eigenvalue weighted by Gasteiger charge is -2.09. The summed E-state index contributed by atoms with van der Waals surface area (Å²) in [6.07, 6.45) is 0.639. The lowest BCUT2D eigenvalue weighted by molar-refractivity contribution is 0.275. The van der Waals surface area contributed by atoms with Crippen LogP contribution in [0.15, 0.2) is 28.8 Å². The van der Waals surface area contributed by atoms with Crippen molar-refractivity contribution in [2.24, 2.45) is 5.73 Å². The average Bonchev–Trinajstić information content (AvgIpc) is 2.73. The van der Waals surface area contributed by atoms with Crippen molar-refractivity contribution in [1.82, 2.24) is 5.16 Å². The normalized spacial score (nSPS) is 12.4. The minimum atomic E-state index is -0.390. The van der Waals surface area contributed by atoms with Gasteiger partial charge in [0, 0.05) is 12.1 Å². The van der Waals surface area contributed by atoms with E-state index in [0.29, 0.717) is 17.9 Å². The first-order chi connectivity index (χ1) is 9.04. The number of halogens is 1. The van der Waals surface area contributed by atoms with Gasteiger partial charge in [0.1, 0.15) is 18.1 Å². The van der Waals surface area contributed by atoms with Crippen LogP contribution in [0.4, 0.5) is 4.39 Å². The predicted molar refractivity (Wildman–Crippen MR) is 69.3 cm³/mol. The van der Waals surface area contributed by atoms with E-state index in [1.54, 1.807) is 19.1 Å². The average molecular weight is 264 g/mol. The highest BCUT2D eigenvalue weighted by Gasteiger charge is 2.08. The number of aryl methyl sites for hydroxylation is 1. The second kappa shape index (κ2) is 5.84. The second-order valence-electron chi connectivity index (χ2n) is 4.66. The number of benzene rings is 1. The van der Waals surface area contributed by atoms with Gasteiger partial charge in [-0.1, -0.05) is 11.2 Å². The quantitative estimate of drug-likeness (QED) is 0.901. The molecular formula is C14H17FN2O2. The Morgan fingerprint density at radius 1 is 1.42 bits per heavy atom. The van der Waals surface area contributed by atoms with Crippen molar-refractivity contribution in [2.45, 2.75) is 32.9 Å². The Kier molecular flexibility index (Phi) is 4.16. The molecule has 0 aliphatic carbocycles. The van der Waals surface area contributed by atoms with Crippen molar-refractivity contribution in [3.05, 3.63) is 47.1 Å². The van der Waals surface area contributed by atoms with Gasteiger partial charge in [-0.3, -0.25) is 0 Å². The molecule has 19 heavy (non-hydrogen) atoms. The van der Waals surface area contributed by atoms with Gasteiger partial charge in [0.15, 0.2) is 11.6 Å². The highest BCUT2D eigenvalue weighted by atomic mass is 19.1. The number of rotatable bonds is 5. The maximum Gasteiger partial charge on any atom is 0.165 e. The van der Waals surface area contributed by atoms with E-state index in [1.165, 1.54) is 6.07 Å². The van der Waals surface area contributed by atoms with Crippen molar-refractivity contribution in [3.8, 4) is 5.75 Å². The SMILES string of the molecule is Cc1cc(COc2ccc(CC(C)N)cc2F)no1. The third-order valence-corrected chi connectivity index (χ3v) is 2.61. The maximum atomic E-state index is 13.8. The largest absolute Gasteiger partial charge is 0.484 e. The van der Waals surface area contributed by atoms with Crippen molar-refractivity contribution in [2.75, 3.05) is 0 Å². The molecule has 1 unspecified atom stereocenters. The van der Waals surface area contributed by atoms with Gasteiger partial charge in [-0.05, 0) is 38.0 Å². The fourth-order valence-corrected chi connectivity index (χ4v) is 1.80. The molecule has 5 heteroatoms. The molecule has 1 atom stereocenters. The highest BCUT2D eigenvalue weighted by Crippen LogP contribution is 2.20. The predicted octanol–water partition coefficient (Wildman–Crippen LogP) is 2.59. The van der Waals surface area contributed by atoms with Crippen LogP contribution in [0.2, 0.25) is 0 Å². The van der Waals surface area contributed by atoms with Crippen LogP contribution >= 0.6 is 0 Å². The van der Waals surface area contributed by atoms with Crippen LogP contribution in [0, 0.1) is 12.7 Å². The molecular weight excluding hydrogens is 247 g/mol. The third-order valence-electron chi connectivity index (χ3n) is 2.61. The zero-order valence-corrected chi connectivity index (χ0v) is 11.0. The molecule has 0 spiro atoms. The van der Waals surface area contributed by atoms with Crippen LogP contribution in [0.1, 0.15) is 23.9 Å². The smallest absolute Gasteiger partial charge is 0.165 e. The van der Waals surface area contributed by atoms with E-state index in [2.05, 4.69) is 5.16 Å². The molecule has 1 aromatic heterocycles. The minimum absolute atomic E-state index is 0.00396. The van der Waals surface area contributed by atoms with E-state index < -0.39 is 5.82 Å². The Labute approximate surface area is 111 Å². The summed E-state index contributed by atoms with van der Waals surface area (Å²) >= 11 is 0. The first kappa shape index (κ1) is 13.5. The van der Waals surface area contributed by atoms with Crippen LogP contribution in [0.3, 0.4) is 0 Å². The van der Waals surface area contributed by atoms with Gasteiger partial charge >= 0.3 is 0 Å². The van der Waals surface area contributed by atoms with Crippen molar-refractivity contribution < 1.29 is 13.7 Å². The molecule has 2 rings (SSSR count). The van der Waals surface area contributed by atoms with E-state index in [0.717, 1.165) is 5.56 Å². The minimum Gasteiger partial charge on any atom is -0.484 e. The third kappa shape index (κ3) is 3.79. The summed E-state index contributed by atoms with van der Waals surface area (Å²) in [5.74, 6) is 0.513. The van der Waals surface area contributed by atoms with Crippen molar-refractivity contribution in [1.29, 1.82) is 0 Å². The van der Waals surface area contributed by atoms with Gasteiger partial charge in [0.25, 0.3) is 0 Å². The second-order valence-corrected chi connectivity index (χ2v) is 4.66. The zero-order chi connectivity index (χ0) is 13.8. The summed E-state index contributed by atoms with van der Waals surface area (Å²) in [5.41, 5.74) is 7.17. The Morgan fingerprint density at radius 2 is 2.21 bits per heavy atom. The Balaban J connectivity index is 2.00. The maximum absolute atomic E-state index is 13.8. The lowest BCUT2D eigenvalue weighted by Crippen LogP contribution is -2.17. The van der Waals surface area contributed by atoms with Crippen LogP contribution in [0.25, 0.3) is 0 Å². The molecule has 0 saturated heterocycles. The van der Waals surface area contributed by atoms with E-state index >= 15 is 0 Å². The molecule has 4 nitrogen and oxygen atoms in total. The first-order valence-corrected chi connectivity index (χ1v) is 6.13. The molecule has 0 aliphatic heterocycles. The molecule has 0 bridgehead atoms. The van der Waals surface area contributed by atoms with Crippen LogP contribution in [-0.2, 0) is 13.0 Å². The zero-order valence-electron chi connectivity index (χ0n) is 11.0. The topological polar surface area (TPSA) is 61.3 Å². The molecule has 0 aliphatic rings. The number of ether oxygens (including phenoxy) is 1. The molecule has 0 amide bonds. The van der Waals surface area contributed by atoms with E-state index in [9.17, 15) is 4.39 Å². The molecule has 0 radical (unpaired) electrons. The van der Waals surface area contributed by atoms with Crippen molar-refractivity contribution >= 4 is 0 Å². The van der Waals surface area contributed by atoms with E-state index in [1.807, 2.05) is 13.0 Å². The van der Waals surface area contributed by atoms with Gasteiger partial charge in [0.2, 0.25) is 0 Å².